The molecule has 1 fully saturated rings. The summed E-state index contributed by atoms with van der Waals surface area (Å²) in [6.07, 6.45) is 2.86. The number of nitrogens with zero attached hydrogens (tertiary/aromatic N) is 1. The van der Waals surface area contributed by atoms with Crippen LogP contribution >= 0.6 is 11.6 Å². The largest absolute Gasteiger partial charge is 0.478 e. The van der Waals surface area contributed by atoms with Crippen molar-refractivity contribution in [2.75, 3.05) is 25.4 Å². The van der Waals surface area contributed by atoms with Crippen LogP contribution in [0.3, 0.4) is 0 Å². The maximum absolute atomic E-state index is 12.3. The second-order valence-corrected chi connectivity index (χ2v) is 7.66. The summed E-state index contributed by atoms with van der Waals surface area (Å²) in [6, 6.07) is 3.75. The van der Waals surface area contributed by atoms with E-state index in [-0.39, 0.29) is 21.2 Å². The molecule has 7 heteroatoms. The van der Waals surface area contributed by atoms with Crippen LogP contribution in [-0.4, -0.2) is 49.8 Å². The highest BCUT2D eigenvalue weighted by molar-refractivity contribution is 7.91. The normalized spacial score (nSPS) is 16.2. The minimum atomic E-state index is -3.56. The van der Waals surface area contributed by atoms with Gasteiger partial charge in [-0.2, -0.15) is 0 Å². The van der Waals surface area contributed by atoms with Gasteiger partial charge in [0.1, 0.15) is 0 Å². The van der Waals surface area contributed by atoms with Gasteiger partial charge in [0, 0.05) is 0 Å². The third kappa shape index (κ3) is 4.18. The van der Waals surface area contributed by atoms with Crippen molar-refractivity contribution >= 4 is 27.4 Å². The molecule has 5 nitrogen and oxygen atoms in total. The van der Waals surface area contributed by atoms with E-state index in [1.54, 1.807) is 0 Å². The standard InChI is InChI=1S/C14H18ClNO4S/c15-12-5-4-11(14(17)18)10-13(12)21(19,20)9-3-8-16-6-1-2-7-16/h4-5,10H,1-3,6-9H2,(H,17,18). The smallest absolute Gasteiger partial charge is 0.335 e. The molecule has 1 N–H and O–H groups in total. The monoisotopic (exact) mass is 331 g/mol. The Balaban J connectivity index is 2.07. The summed E-state index contributed by atoms with van der Waals surface area (Å²) >= 11 is 5.91. The Kier molecular flexibility index (Phi) is 5.24. The van der Waals surface area contributed by atoms with Gasteiger partial charge in [-0.25, -0.2) is 13.2 Å². The van der Waals surface area contributed by atoms with Crippen molar-refractivity contribution in [3.05, 3.63) is 28.8 Å². The minimum absolute atomic E-state index is 0.0215. The van der Waals surface area contributed by atoms with Crippen molar-refractivity contribution in [1.29, 1.82) is 0 Å². The SMILES string of the molecule is O=C(O)c1ccc(Cl)c(S(=O)(=O)CCCN2CCCC2)c1. The highest BCUT2D eigenvalue weighted by Gasteiger charge is 2.21. The van der Waals surface area contributed by atoms with Gasteiger partial charge < -0.3 is 10.0 Å². The van der Waals surface area contributed by atoms with Crippen molar-refractivity contribution in [3.8, 4) is 0 Å². The van der Waals surface area contributed by atoms with Gasteiger partial charge in [-0.05, 0) is 57.1 Å². The molecule has 0 atom stereocenters. The molecule has 0 unspecified atom stereocenters. The summed E-state index contributed by atoms with van der Waals surface area (Å²) in [5, 5.41) is 9.01. The van der Waals surface area contributed by atoms with Crippen LogP contribution in [0.15, 0.2) is 23.1 Å². The van der Waals surface area contributed by atoms with Crippen LogP contribution in [0.1, 0.15) is 29.6 Å². The zero-order valence-corrected chi connectivity index (χ0v) is 13.2. The lowest BCUT2D eigenvalue weighted by molar-refractivity contribution is 0.0696. The first-order valence-electron chi connectivity index (χ1n) is 6.88. The Morgan fingerprint density at radius 3 is 2.57 bits per heavy atom. The Morgan fingerprint density at radius 1 is 1.29 bits per heavy atom. The number of benzene rings is 1. The van der Waals surface area contributed by atoms with Crippen LogP contribution in [0.25, 0.3) is 0 Å². The molecule has 1 aromatic carbocycles. The van der Waals surface area contributed by atoms with E-state index >= 15 is 0 Å². The van der Waals surface area contributed by atoms with E-state index in [9.17, 15) is 13.2 Å². The van der Waals surface area contributed by atoms with Crippen LogP contribution in [0.2, 0.25) is 5.02 Å². The van der Waals surface area contributed by atoms with Crippen LogP contribution in [0.4, 0.5) is 0 Å². The molecule has 2 rings (SSSR count). The number of sulfone groups is 1. The molecule has 1 saturated heterocycles. The first-order valence-corrected chi connectivity index (χ1v) is 8.91. The fourth-order valence-electron chi connectivity index (χ4n) is 2.47. The molecule has 0 spiro atoms. The van der Waals surface area contributed by atoms with Crippen molar-refractivity contribution < 1.29 is 18.3 Å². The van der Waals surface area contributed by atoms with Crippen molar-refractivity contribution in [3.63, 3.8) is 0 Å². The molecule has 1 aromatic rings. The molecule has 116 valence electrons. The van der Waals surface area contributed by atoms with Crippen molar-refractivity contribution in [2.45, 2.75) is 24.2 Å². The topological polar surface area (TPSA) is 74.7 Å². The highest BCUT2D eigenvalue weighted by atomic mass is 35.5. The maximum Gasteiger partial charge on any atom is 0.335 e. The molecule has 0 bridgehead atoms. The molecule has 1 aliphatic heterocycles. The third-order valence-electron chi connectivity index (χ3n) is 3.60. The summed E-state index contributed by atoms with van der Waals surface area (Å²) in [5.74, 6) is -1.19. The summed E-state index contributed by atoms with van der Waals surface area (Å²) in [5.41, 5.74) is -0.0717. The molecule has 21 heavy (non-hydrogen) atoms. The first-order chi connectivity index (χ1) is 9.90. The van der Waals surface area contributed by atoms with E-state index < -0.39 is 15.8 Å². The Hall–Kier alpha value is -1.11. The van der Waals surface area contributed by atoms with Crippen LogP contribution < -0.4 is 0 Å². The van der Waals surface area contributed by atoms with Gasteiger partial charge >= 0.3 is 5.97 Å². The van der Waals surface area contributed by atoms with Gasteiger partial charge in [0.25, 0.3) is 0 Å². The number of rotatable bonds is 6. The number of hydrogen-bond acceptors (Lipinski definition) is 4. The summed E-state index contributed by atoms with van der Waals surface area (Å²) in [6.45, 7) is 2.79. The number of likely N-dealkylation sites (tertiary alicyclic amines) is 1. The van der Waals surface area contributed by atoms with Gasteiger partial charge in [-0.1, -0.05) is 11.6 Å². The van der Waals surface area contributed by atoms with E-state index in [0.29, 0.717) is 6.42 Å². The average molecular weight is 332 g/mol. The van der Waals surface area contributed by atoms with E-state index in [1.165, 1.54) is 25.0 Å². The number of carboxylic acids is 1. The summed E-state index contributed by atoms with van der Waals surface area (Å²) in [7, 11) is -3.56. The molecule has 0 aliphatic carbocycles. The number of carbonyl (C=O) groups is 1. The van der Waals surface area contributed by atoms with Crippen molar-refractivity contribution in [1.82, 2.24) is 4.90 Å². The third-order valence-corrected chi connectivity index (χ3v) is 5.87. The first kappa shape index (κ1) is 16.3. The van der Waals surface area contributed by atoms with Gasteiger partial charge in [0.05, 0.1) is 21.2 Å². The van der Waals surface area contributed by atoms with E-state index in [2.05, 4.69) is 4.90 Å². The molecule has 1 heterocycles. The van der Waals surface area contributed by atoms with Crippen LogP contribution in [-0.2, 0) is 9.84 Å². The van der Waals surface area contributed by atoms with E-state index in [0.717, 1.165) is 25.7 Å². The van der Waals surface area contributed by atoms with Gasteiger partial charge in [-0.3, -0.25) is 0 Å². The fraction of sp³-hybridized carbons (Fsp3) is 0.500. The van der Waals surface area contributed by atoms with Crippen LogP contribution in [0, 0.1) is 0 Å². The number of carboxylic acid groups (broad SMARTS) is 1. The lowest BCUT2D eigenvalue weighted by atomic mass is 10.2. The average Bonchev–Trinajstić information content (AvgIpc) is 2.91. The minimum Gasteiger partial charge on any atom is -0.478 e. The lowest BCUT2D eigenvalue weighted by Crippen LogP contribution is -2.22. The Bertz CT molecular complexity index is 624. The number of aromatic carboxylic acids is 1. The zero-order valence-electron chi connectivity index (χ0n) is 11.6. The van der Waals surface area contributed by atoms with E-state index in [1.807, 2.05) is 0 Å². The predicted octanol–water partition coefficient (Wildman–Crippen LogP) is 2.30. The second kappa shape index (κ2) is 6.77. The Labute approximate surface area is 129 Å². The Morgan fingerprint density at radius 2 is 1.95 bits per heavy atom. The highest BCUT2D eigenvalue weighted by Crippen LogP contribution is 2.24. The molecule has 1 aliphatic rings. The molecule has 0 amide bonds. The molecular formula is C14H18ClNO4S. The molecule has 0 saturated carbocycles. The zero-order chi connectivity index (χ0) is 15.5. The molecule has 0 aromatic heterocycles. The lowest BCUT2D eigenvalue weighted by Gasteiger charge is -2.14. The summed E-state index contributed by atoms with van der Waals surface area (Å²) in [4.78, 5) is 13.1. The van der Waals surface area contributed by atoms with Gasteiger partial charge in [0.2, 0.25) is 0 Å². The maximum atomic E-state index is 12.3. The van der Waals surface area contributed by atoms with Gasteiger partial charge in [-0.15, -0.1) is 0 Å². The molecule has 0 radical (unpaired) electrons. The van der Waals surface area contributed by atoms with E-state index in [4.69, 9.17) is 16.7 Å². The second-order valence-electron chi connectivity index (χ2n) is 5.17. The quantitative estimate of drug-likeness (QED) is 0.865. The van der Waals surface area contributed by atoms with Crippen molar-refractivity contribution in [2.24, 2.45) is 0 Å². The molecular weight excluding hydrogens is 314 g/mol. The number of halogens is 1. The fourth-order valence-corrected chi connectivity index (χ4v) is 4.34. The van der Waals surface area contributed by atoms with Gasteiger partial charge in [0.15, 0.2) is 9.84 Å². The number of hydrogen-bond donors (Lipinski definition) is 1. The predicted molar refractivity (Wildman–Crippen MR) is 80.8 cm³/mol. The summed E-state index contributed by atoms with van der Waals surface area (Å²) < 4.78 is 24.6. The van der Waals surface area contributed by atoms with Crippen LogP contribution in [0.5, 0.6) is 0 Å².